The highest BCUT2D eigenvalue weighted by atomic mass is 16.6. The van der Waals surface area contributed by atoms with Gasteiger partial charge in [-0.25, -0.2) is 10.2 Å². The Labute approximate surface area is 190 Å². The molecule has 3 rings (SSSR count). The van der Waals surface area contributed by atoms with Crippen LogP contribution >= 0.6 is 0 Å². The van der Waals surface area contributed by atoms with Crippen LogP contribution in [0.25, 0.3) is 11.0 Å². The van der Waals surface area contributed by atoms with Crippen molar-refractivity contribution in [1.29, 1.82) is 0 Å². The van der Waals surface area contributed by atoms with Gasteiger partial charge in [0.25, 0.3) is 0 Å². The molecule has 0 atom stereocenters. The molecule has 1 aromatic heterocycles. The van der Waals surface area contributed by atoms with Crippen LogP contribution < -0.4 is 19.6 Å². The van der Waals surface area contributed by atoms with Crippen LogP contribution in [0.5, 0.6) is 17.2 Å². The van der Waals surface area contributed by atoms with Crippen molar-refractivity contribution in [3.8, 4) is 17.2 Å². The number of carbonyl (C=O) groups is 2. The zero-order chi connectivity index (χ0) is 23.8. The van der Waals surface area contributed by atoms with Gasteiger partial charge in [-0.15, -0.1) is 6.58 Å². The molecule has 0 unspecified atom stereocenters. The summed E-state index contributed by atoms with van der Waals surface area (Å²) in [5.41, 5.74) is 4.29. The molecule has 0 aliphatic heterocycles. The number of nitrogens with zero attached hydrogens (tertiary/aromatic N) is 1. The topological polar surface area (TPSA) is 109 Å². The molecule has 3 aromatic rings. The molecule has 9 heteroatoms. The second-order valence-electron chi connectivity index (χ2n) is 6.76. The normalized spacial score (nSPS) is 10.8. The van der Waals surface area contributed by atoms with Crippen LogP contribution in [-0.2, 0) is 16.0 Å². The van der Waals surface area contributed by atoms with Crippen LogP contribution in [0.1, 0.15) is 21.7 Å². The van der Waals surface area contributed by atoms with Gasteiger partial charge < -0.3 is 23.4 Å². The van der Waals surface area contributed by atoms with Crippen molar-refractivity contribution < 1.29 is 33.0 Å². The quantitative estimate of drug-likeness (QED) is 0.217. The van der Waals surface area contributed by atoms with E-state index in [0.29, 0.717) is 34.8 Å². The molecule has 0 fully saturated rings. The lowest BCUT2D eigenvalue weighted by Gasteiger charge is -2.15. The maximum Gasteiger partial charge on any atom is 0.343 e. The molecule has 0 bridgehead atoms. The minimum absolute atomic E-state index is 0.100. The zero-order valence-corrected chi connectivity index (χ0v) is 18.5. The third-order valence-electron chi connectivity index (χ3n) is 4.63. The summed E-state index contributed by atoms with van der Waals surface area (Å²) in [6.45, 7) is 3.48. The number of para-hydroxylation sites is 1. The van der Waals surface area contributed by atoms with Gasteiger partial charge in [0, 0.05) is 10.9 Å². The van der Waals surface area contributed by atoms with Gasteiger partial charge in [0.05, 0.1) is 27.5 Å². The van der Waals surface area contributed by atoms with Gasteiger partial charge in [0.2, 0.25) is 0 Å². The number of hydrogen-bond acceptors (Lipinski definition) is 8. The predicted octanol–water partition coefficient (Wildman–Crippen LogP) is 3.49. The van der Waals surface area contributed by atoms with E-state index >= 15 is 0 Å². The number of fused-ring (bicyclic) bond motifs is 1. The van der Waals surface area contributed by atoms with E-state index in [1.165, 1.54) is 27.5 Å². The maximum absolute atomic E-state index is 12.5. The first-order valence-electron chi connectivity index (χ1n) is 9.92. The monoisotopic (exact) mass is 452 g/mol. The Morgan fingerprint density at radius 2 is 1.91 bits per heavy atom. The van der Waals surface area contributed by atoms with Crippen molar-refractivity contribution in [2.24, 2.45) is 5.10 Å². The van der Waals surface area contributed by atoms with Gasteiger partial charge in [-0.2, -0.15) is 5.10 Å². The number of carbonyl (C=O) groups excluding carboxylic acids is 2. The highest BCUT2D eigenvalue weighted by Crippen LogP contribution is 2.33. The molecule has 9 nitrogen and oxygen atoms in total. The Morgan fingerprint density at radius 3 is 2.61 bits per heavy atom. The number of hydrogen-bond donors (Lipinski definition) is 1. The van der Waals surface area contributed by atoms with Gasteiger partial charge in [-0.3, -0.25) is 4.79 Å². The van der Waals surface area contributed by atoms with Crippen molar-refractivity contribution >= 4 is 29.1 Å². The fourth-order valence-electron chi connectivity index (χ4n) is 3.10. The van der Waals surface area contributed by atoms with E-state index in [4.69, 9.17) is 18.6 Å². The van der Waals surface area contributed by atoms with Gasteiger partial charge in [-0.1, -0.05) is 18.2 Å². The van der Waals surface area contributed by atoms with Gasteiger partial charge >= 0.3 is 11.9 Å². The lowest BCUT2D eigenvalue weighted by atomic mass is 10.1. The van der Waals surface area contributed by atoms with Crippen molar-refractivity contribution in [3.05, 3.63) is 65.9 Å². The van der Waals surface area contributed by atoms with E-state index in [1.807, 2.05) is 12.1 Å². The second-order valence-corrected chi connectivity index (χ2v) is 6.76. The Hall–Kier alpha value is -4.27. The molecule has 0 spiro atoms. The fraction of sp³-hybridized carbons (Fsp3) is 0.208. The fourth-order valence-corrected chi connectivity index (χ4v) is 3.10. The van der Waals surface area contributed by atoms with Gasteiger partial charge in [0.15, 0.2) is 35.2 Å². The lowest BCUT2D eigenvalue weighted by Crippen LogP contribution is -2.17. The summed E-state index contributed by atoms with van der Waals surface area (Å²) in [7, 11) is 4.29. The minimum Gasteiger partial charge on any atom is -0.493 e. The van der Waals surface area contributed by atoms with Crippen LogP contribution in [0, 0.1) is 0 Å². The first kappa shape index (κ1) is 23.4. The first-order valence-corrected chi connectivity index (χ1v) is 9.92. The molecule has 1 N–H and O–H groups in total. The van der Waals surface area contributed by atoms with Crippen molar-refractivity contribution in [1.82, 2.24) is 5.43 Å². The number of furan rings is 1. The number of esters is 1. The van der Waals surface area contributed by atoms with Crippen molar-refractivity contribution in [3.63, 3.8) is 0 Å². The highest BCUT2D eigenvalue weighted by Gasteiger charge is 2.16. The van der Waals surface area contributed by atoms with Crippen molar-refractivity contribution in [2.45, 2.75) is 6.42 Å². The van der Waals surface area contributed by atoms with Crippen LogP contribution in [0.3, 0.4) is 0 Å². The Kier molecular flexibility index (Phi) is 7.69. The van der Waals surface area contributed by atoms with E-state index in [1.54, 1.807) is 30.3 Å². The molecular weight excluding hydrogens is 428 g/mol. The van der Waals surface area contributed by atoms with Crippen molar-refractivity contribution in [2.75, 3.05) is 27.9 Å². The van der Waals surface area contributed by atoms with E-state index in [0.717, 1.165) is 10.9 Å². The largest absolute Gasteiger partial charge is 0.493 e. The summed E-state index contributed by atoms with van der Waals surface area (Å²) in [6, 6.07) is 10.4. The molecule has 1 amide bonds. The highest BCUT2D eigenvalue weighted by molar-refractivity contribution is 5.97. The maximum atomic E-state index is 12.5. The molecule has 0 aliphatic rings. The Bertz CT molecular complexity index is 1200. The van der Waals surface area contributed by atoms with Gasteiger partial charge in [0.1, 0.15) is 0 Å². The third-order valence-corrected chi connectivity index (χ3v) is 4.63. The number of ether oxygens (including phenoxy) is 4. The summed E-state index contributed by atoms with van der Waals surface area (Å²) >= 11 is 0. The molecule has 0 saturated heterocycles. The van der Waals surface area contributed by atoms with Gasteiger partial charge in [-0.05, 0) is 36.2 Å². The molecule has 1 heterocycles. The zero-order valence-electron chi connectivity index (χ0n) is 18.5. The average molecular weight is 452 g/mol. The number of allylic oxidation sites excluding steroid dienone is 1. The molecule has 33 heavy (non-hydrogen) atoms. The van der Waals surface area contributed by atoms with E-state index in [2.05, 4.69) is 21.8 Å². The van der Waals surface area contributed by atoms with E-state index in [-0.39, 0.29) is 12.4 Å². The summed E-state index contributed by atoms with van der Waals surface area (Å²) < 4.78 is 26.5. The lowest BCUT2D eigenvalue weighted by molar-refractivity contribution is -0.142. The number of amides is 1. The number of methoxy groups -OCH3 is 3. The molecular formula is C24H24N2O7. The number of benzene rings is 2. The van der Waals surface area contributed by atoms with Crippen LogP contribution in [0.4, 0.5) is 0 Å². The van der Waals surface area contributed by atoms with E-state index in [9.17, 15) is 9.59 Å². The number of nitrogens with one attached hydrogen (secondary N) is 1. The molecule has 2 aromatic carbocycles. The molecule has 0 radical (unpaired) electrons. The summed E-state index contributed by atoms with van der Waals surface area (Å²) in [5, 5.41) is 4.75. The predicted molar refractivity (Wildman–Crippen MR) is 122 cm³/mol. The Morgan fingerprint density at radius 1 is 1.12 bits per heavy atom. The standard InChI is InChI=1S/C24H24N2O7/c1-5-7-16-10-15(11-19(30-3)22(16)32-14-21(27)31-4)13-25-26-24(28)20-12-17-8-6-9-18(29-2)23(17)33-20/h5-6,8-13H,1,7,14H2,2-4H3,(H,26,28)/b25-13-. The summed E-state index contributed by atoms with van der Waals surface area (Å²) in [6.07, 6.45) is 3.61. The SMILES string of the molecule is C=CCc1cc(/C=N\NC(=O)c2cc3cccc(OC)c3o2)cc(OC)c1OCC(=O)OC. The molecule has 0 aliphatic carbocycles. The summed E-state index contributed by atoms with van der Waals surface area (Å²) in [4.78, 5) is 23.9. The van der Waals surface area contributed by atoms with Crippen LogP contribution in [-0.4, -0.2) is 46.0 Å². The third kappa shape index (κ3) is 5.51. The number of hydrazone groups is 1. The number of rotatable bonds is 10. The molecule has 172 valence electrons. The average Bonchev–Trinajstić information content (AvgIpc) is 3.27. The summed E-state index contributed by atoms with van der Waals surface area (Å²) in [5.74, 6) is 0.407. The second kappa shape index (κ2) is 10.9. The molecule has 0 saturated carbocycles. The van der Waals surface area contributed by atoms with Crippen LogP contribution in [0.15, 0.2) is 58.6 Å². The van der Waals surface area contributed by atoms with E-state index < -0.39 is 11.9 Å². The first-order chi connectivity index (χ1) is 16.0. The Balaban J connectivity index is 1.78. The smallest absolute Gasteiger partial charge is 0.343 e. The van der Waals surface area contributed by atoms with Crippen LogP contribution in [0.2, 0.25) is 0 Å². The minimum atomic E-state index is -0.516.